The van der Waals surface area contributed by atoms with Crippen molar-refractivity contribution in [2.45, 2.75) is 10.9 Å². The van der Waals surface area contributed by atoms with Gasteiger partial charge in [-0.1, -0.05) is 18.2 Å². The van der Waals surface area contributed by atoms with Gasteiger partial charge in [0.1, 0.15) is 24.9 Å². The Labute approximate surface area is 166 Å². The molecule has 2 aromatic rings. The fourth-order valence-electron chi connectivity index (χ4n) is 3.40. The molecule has 152 valence electrons. The van der Waals surface area contributed by atoms with Crippen LogP contribution >= 0.6 is 0 Å². The van der Waals surface area contributed by atoms with Crippen LogP contribution in [0.4, 0.5) is 10.1 Å². The van der Waals surface area contributed by atoms with E-state index in [1.54, 1.807) is 0 Å². The molecule has 1 aliphatic rings. The summed E-state index contributed by atoms with van der Waals surface area (Å²) in [5.41, 5.74) is 2.14. The first kappa shape index (κ1) is 20.7. The van der Waals surface area contributed by atoms with Crippen molar-refractivity contribution in [1.82, 2.24) is 4.72 Å². The van der Waals surface area contributed by atoms with Gasteiger partial charge < -0.3 is 14.5 Å². The normalized spacial score (nSPS) is 16.7. The maximum Gasteiger partial charge on any atom is 0.240 e. The van der Waals surface area contributed by atoms with Crippen LogP contribution in [0, 0.1) is 5.82 Å². The van der Waals surface area contributed by atoms with E-state index in [1.165, 1.54) is 23.1 Å². The van der Waals surface area contributed by atoms with Crippen LogP contribution in [0.25, 0.3) is 0 Å². The first-order chi connectivity index (χ1) is 13.4. The van der Waals surface area contributed by atoms with Crippen LogP contribution in [0.1, 0.15) is 11.6 Å². The van der Waals surface area contributed by atoms with Crippen molar-refractivity contribution >= 4 is 15.7 Å². The Morgan fingerprint density at radius 2 is 1.82 bits per heavy atom. The van der Waals surface area contributed by atoms with Gasteiger partial charge in [-0.15, -0.1) is 0 Å². The molecule has 2 N–H and O–H groups in total. The molecule has 8 heteroatoms. The van der Waals surface area contributed by atoms with Gasteiger partial charge in [-0.05, 0) is 30.3 Å². The number of nitrogens with one attached hydrogen (secondary N) is 2. The second kappa shape index (κ2) is 9.00. The molecule has 0 amide bonds. The molecule has 0 aliphatic carbocycles. The van der Waals surface area contributed by atoms with Crippen molar-refractivity contribution in [3.8, 4) is 0 Å². The number of hydrogen-bond acceptors (Lipinski definition) is 4. The Kier molecular flexibility index (Phi) is 6.66. The number of nitrogens with zero attached hydrogens (tertiary/aromatic N) is 1. The topological polar surface area (TPSA) is 63.1 Å². The third kappa shape index (κ3) is 5.08. The molecule has 1 saturated heterocycles. The predicted octanol–water partition coefficient (Wildman–Crippen LogP) is 0.826. The van der Waals surface area contributed by atoms with Gasteiger partial charge in [-0.2, -0.15) is 0 Å². The van der Waals surface area contributed by atoms with Gasteiger partial charge in [0.2, 0.25) is 10.0 Å². The van der Waals surface area contributed by atoms with Crippen LogP contribution in [0.15, 0.2) is 53.4 Å². The summed E-state index contributed by atoms with van der Waals surface area (Å²) in [5.74, 6) is -0.572. The molecule has 6 nitrogen and oxygen atoms in total. The Morgan fingerprint density at radius 1 is 1.14 bits per heavy atom. The molecule has 3 rings (SSSR count). The predicted molar refractivity (Wildman–Crippen MR) is 107 cm³/mol. The molecular formula is C20H27FN3O3S+. The Morgan fingerprint density at radius 3 is 2.43 bits per heavy atom. The number of rotatable bonds is 7. The van der Waals surface area contributed by atoms with E-state index in [0.717, 1.165) is 30.4 Å². The molecule has 1 heterocycles. The van der Waals surface area contributed by atoms with Crippen LogP contribution in [0.3, 0.4) is 0 Å². The molecule has 0 saturated carbocycles. The third-order valence-electron chi connectivity index (χ3n) is 5.02. The van der Waals surface area contributed by atoms with Gasteiger partial charge in [0.05, 0.1) is 24.7 Å². The first-order valence-corrected chi connectivity index (χ1v) is 10.8. The van der Waals surface area contributed by atoms with Gasteiger partial charge in [-0.3, -0.25) is 0 Å². The lowest BCUT2D eigenvalue weighted by Crippen LogP contribution is -3.15. The van der Waals surface area contributed by atoms with Crippen LogP contribution in [0.5, 0.6) is 0 Å². The van der Waals surface area contributed by atoms with E-state index in [4.69, 9.17) is 4.74 Å². The second-order valence-corrected chi connectivity index (χ2v) is 8.89. The number of ether oxygens (including phenoxy) is 1. The number of anilines is 1. The summed E-state index contributed by atoms with van der Waals surface area (Å²) in [6.45, 7) is 3.15. The smallest absolute Gasteiger partial charge is 0.240 e. The maximum absolute atomic E-state index is 13.4. The highest BCUT2D eigenvalue weighted by Crippen LogP contribution is 2.17. The van der Waals surface area contributed by atoms with Crippen LogP contribution in [-0.2, 0) is 14.8 Å². The minimum atomic E-state index is -3.79. The van der Waals surface area contributed by atoms with Gasteiger partial charge in [-0.25, -0.2) is 17.5 Å². The summed E-state index contributed by atoms with van der Waals surface area (Å²) >= 11 is 0. The minimum absolute atomic E-state index is 0.0524. The van der Waals surface area contributed by atoms with E-state index in [2.05, 4.69) is 4.72 Å². The fraction of sp³-hybridized carbons (Fsp3) is 0.400. The number of morpholine rings is 1. The number of sulfonamides is 1. The second-order valence-electron chi connectivity index (χ2n) is 7.12. The van der Waals surface area contributed by atoms with Crippen molar-refractivity contribution in [2.24, 2.45) is 0 Å². The molecule has 1 fully saturated rings. The summed E-state index contributed by atoms with van der Waals surface area (Å²) in [6.07, 6.45) is 0. The SMILES string of the molecule is CN(C)c1ccc([C@H](CNS(=O)(=O)c2cccc(F)c2)[NH+]2CCOCC2)cc1. The summed E-state index contributed by atoms with van der Waals surface area (Å²) < 4.78 is 46.8. The number of hydrogen-bond donors (Lipinski definition) is 2. The third-order valence-corrected chi connectivity index (χ3v) is 6.44. The fourth-order valence-corrected chi connectivity index (χ4v) is 4.47. The molecule has 28 heavy (non-hydrogen) atoms. The van der Waals surface area contributed by atoms with E-state index in [0.29, 0.717) is 13.2 Å². The number of quaternary nitrogens is 1. The highest BCUT2D eigenvalue weighted by molar-refractivity contribution is 7.89. The summed E-state index contributed by atoms with van der Waals surface area (Å²) in [5, 5.41) is 0. The molecule has 0 radical (unpaired) electrons. The summed E-state index contributed by atoms with van der Waals surface area (Å²) in [4.78, 5) is 3.23. The van der Waals surface area contributed by atoms with Crippen molar-refractivity contribution in [3.63, 3.8) is 0 Å². The summed E-state index contributed by atoms with van der Waals surface area (Å²) in [6, 6.07) is 13.1. The van der Waals surface area contributed by atoms with Crippen molar-refractivity contribution < 1.29 is 22.4 Å². The lowest BCUT2D eigenvalue weighted by atomic mass is 10.0. The van der Waals surface area contributed by atoms with E-state index in [-0.39, 0.29) is 17.5 Å². The highest BCUT2D eigenvalue weighted by Gasteiger charge is 2.28. The van der Waals surface area contributed by atoms with E-state index < -0.39 is 15.8 Å². The Hall–Kier alpha value is -2.00. The van der Waals surface area contributed by atoms with Crippen LogP contribution in [-0.4, -0.2) is 55.4 Å². The standard InChI is InChI=1S/C20H26FN3O3S/c1-23(2)18-8-6-16(7-9-18)20(24-10-12-27-13-11-24)15-22-28(25,26)19-5-3-4-17(21)14-19/h3-9,14,20,22H,10-13,15H2,1-2H3/p+1/t20-/m0/s1. The van der Waals surface area contributed by atoms with E-state index in [9.17, 15) is 12.8 Å². The van der Waals surface area contributed by atoms with Gasteiger partial charge >= 0.3 is 0 Å². The van der Waals surface area contributed by atoms with E-state index in [1.807, 2.05) is 43.3 Å². The Bertz CT molecular complexity index is 882. The van der Waals surface area contributed by atoms with Crippen molar-refractivity contribution in [1.29, 1.82) is 0 Å². The largest absolute Gasteiger partial charge is 0.378 e. The molecule has 0 spiro atoms. The zero-order chi connectivity index (χ0) is 20.1. The molecular weight excluding hydrogens is 381 g/mol. The van der Waals surface area contributed by atoms with Crippen LogP contribution in [0.2, 0.25) is 0 Å². The number of halogens is 1. The van der Waals surface area contributed by atoms with E-state index >= 15 is 0 Å². The molecule has 0 unspecified atom stereocenters. The molecule has 2 aromatic carbocycles. The zero-order valence-corrected chi connectivity index (χ0v) is 17.0. The molecule has 0 aromatic heterocycles. The average molecular weight is 409 g/mol. The molecule has 1 aliphatic heterocycles. The minimum Gasteiger partial charge on any atom is -0.378 e. The quantitative estimate of drug-likeness (QED) is 0.712. The Balaban J connectivity index is 1.81. The lowest BCUT2D eigenvalue weighted by molar-refractivity contribution is -0.937. The first-order valence-electron chi connectivity index (χ1n) is 9.31. The lowest BCUT2D eigenvalue weighted by Gasteiger charge is -2.32. The zero-order valence-electron chi connectivity index (χ0n) is 16.2. The molecule has 0 bridgehead atoms. The van der Waals surface area contributed by atoms with Crippen molar-refractivity contribution in [2.75, 3.05) is 51.8 Å². The van der Waals surface area contributed by atoms with Crippen LogP contribution < -0.4 is 14.5 Å². The number of benzene rings is 2. The van der Waals surface area contributed by atoms with Gasteiger partial charge in [0.25, 0.3) is 0 Å². The highest BCUT2D eigenvalue weighted by atomic mass is 32.2. The molecule has 1 atom stereocenters. The maximum atomic E-state index is 13.4. The monoisotopic (exact) mass is 408 g/mol. The van der Waals surface area contributed by atoms with Gasteiger partial charge in [0.15, 0.2) is 0 Å². The average Bonchev–Trinajstić information content (AvgIpc) is 2.69. The van der Waals surface area contributed by atoms with Gasteiger partial charge in [0, 0.05) is 25.3 Å². The van der Waals surface area contributed by atoms with Crippen molar-refractivity contribution in [3.05, 3.63) is 59.9 Å². The summed E-state index contributed by atoms with van der Waals surface area (Å²) in [7, 11) is 0.169.